The van der Waals surface area contributed by atoms with E-state index in [0.717, 1.165) is 5.56 Å². The van der Waals surface area contributed by atoms with Gasteiger partial charge in [0.15, 0.2) is 0 Å². The molecule has 3 aromatic carbocycles. The molecule has 0 bridgehead atoms. The molecule has 1 amide bonds. The van der Waals surface area contributed by atoms with Gasteiger partial charge < -0.3 is 10.1 Å². The van der Waals surface area contributed by atoms with Gasteiger partial charge in [0, 0.05) is 28.8 Å². The Morgan fingerprint density at radius 1 is 0.972 bits per heavy atom. The van der Waals surface area contributed by atoms with Crippen LogP contribution in [-0.2, 0) is 9.53 Å². The van der Waals surface area contributed by atoms with Gasteiger partial charge in [-0.1, -0.05) is 48.5 Å². The van der Waals surface area contributed by atoms with Crippen molar-refractivity contribution in [3.8, 4) is 16.9 Å². The highest BCUT2D eigenvalue weighted by molar-refractivity contribution is 6.03. The molecule has 0 saturated carbocycles. The number of carbonyl (C=O) groups is 2. The lowest BCUT2D eigenvalue weighted by molar-refractivity contribution is -0.384. The van der Waals surface area contributed by atoms with Gasteiger partial charge >= 0.3 is 5.97 Å². The predicted octanol–water partition coefficient (Wildman–Crippen LogP) is 4.70. The highest BCUT2D eigenvalue weighted by Gasteiger charge is 2.21. The molecule has 0 aliphatic heterocycles. The largest absolute Gasteiger partial charge is 0.464 e. The lowest BCUT2D eigenvalue weighted by atomic mass is 10.0. The third kappa shape index (κ3) is 5.05. The van der Waals surface area contributed by atoms with Gasteiger partial charge in [0.2, 0.25) is 0 Å². The molecule has 36 heavy (non-hydrogen) atoms. The van der Waals surface area contributed by atoms with Crippen molar-refractivity contribution >= 4 is 23.6 Å². The van der Waals surface area contributed by atoms with Gasteiger partial charge in [-0.3, -0.25) is 14.9 Å². The molecule has 1 N–H and O–H groups in total. The van der Waals surface area contributed by atoms with Crippen LogP contribution in [0.5, 0.6) is 0 Å². The number of carbonyl (C=O) groups excluding carboxylic acids is 2. The van der Waals surface area contributed by atoms with Crippen molar-refractivity contribution < 1.29 is 19.2 Å². The summed E-state index contributed by atoms with van der Waals surface area (Å²) >= 11 is 0. The maximum absolute atomic E-state index is 12.8. The number of amides is 1. The van der Waals surface area contributed by atoms with Crippen LogP contribution in [0, 0.1) is 17.0 Å². The predicted molar refractivity (Wildman–Crippen MR) is 134 cm³/mol. The van der Waals surface area contributed by atoms with E-state index in [9.17, 15) is 19.7 Å². The van der Waals surface area contributed by atoms with Crippen LogP contribution >= 0.6 is 0 Å². The van der Waals surface area contributed by atoms with E-state index < -0.39 is 16.8 Å². The molecule has 0 aliphatic rings. The van der Waals surface area contributed by atoms with Crippen molar-refractivity contribution in [3.63, 3.8) is 0 Å². The van der Waals surface area contributed by atoms with E-state index in [0.29, 0.717) is 28.2 Å². The molecule has 0 atom stereocenters. The number of nitro groups is 1. The minimum atomic E-state index is -0.722. The number of hydrogen-bond acceptors (Lipinski definition) is 6. The number of esters is 1. The third-order valence-electron chi connectivity index (χ3n) is 5.44. The van der Waals surface area contributed by atoms with Crippen molar-refractivity contribution in [2.75, 3.05) is 7.11 Å². The van der Waals surface area contributed by atoms with Crippen molar-refractivity contribution in [2.24, 2.45) is 0 Å². The molecule has 0 spiro atoms. The molecule has 9 heteroatoms. The average molecular weight is 482 g/mol. The van der Waals surface area contributed by atoms with Crippen molar-refractivity contribution in [3.05, 3.63) is 118 Å². The summed E-state index contributed by atoms with van der Waals surface area (Å²) in [5.74, 6) is -1.19. The first-order chi connectivity index (χ1) is 17.4. The fraction of sp³-hybridized carbons (Fsp3) is 0.0741. The number of nitrogens with one attached hydrogen (secondary N) is 1. The monoisotopic (exact) mass is 482 g/mol. The fourth-order valence-electron chi connectivity index (χ4n) is 3.67. The van der Waals surface area contributed by atoms with Crippen LogP contribution in [-0.4, -0.2) is 33.7 Å². The molecule has 9 nitrogen and oxygen atoms in total. The molecule has 4 aromatic rings. The van der Waals surface area contributed by atoms with E-state index in [1.807, 2.05) is 30.3 Å². The number of rotatable bonds is 7. The van der Waals surface area contributed by atoms with Crippen LogP contribution in [0.4, 0.5) is 5.69 Å². The maximum Gasteiger partial charge on any atom is 0.354 e. The Kier molecular flexibility index (Phi) is 7.01. The summed E-state index contributed by atoms with van der Waals surface area (Å²) < 4.78 is 6.57. The van der Waals surface area contributed by atoms with Gasteiger partial charge in [0.25, 0.3) is 11.6 Å². The SMILES string of the molecule is COC(=O)/C(=C\c1c(C)nn(-c2ccc([N+](=O)[O-])cc2)c1-c1ccccc1)NC(=O)c1ccccc1. The molecule has 0 unspecified atom stereocenters. The Hall–Kier alpha value is -5.05. The van der Waals surface area contributed by atoms with E-state index in [4.69, 9.17) is 4.74 Å². The van der Waals surface area contributed by atoms with Gasteiger partial charge in [-0.25, -0.2) is 9.48 Å². The number of methoxy groups -OCH3 is 1. The Morgan fingerprint density at radius 3 is 2.17 bits per heavy atom. The molecule has 1 aromatic heterocycles. The van der Waals surface area contributed by atoms with E-state index in [1.165, 1.54) is 25.3 Å². The Bertz CT molecular complexity index is 1440. The molecule has 0 aliphatic carbocycles. The van der Waals surface area contributed by atoms with Crippen LogP contribution in [0.15, 0.2) is 90.6 Å². The zero-order valence-corrected chi connectivity index (χ0v) is 19.5. The molecule has 0 saturated heterocycles. The summed E-state index contributed by atoms with van der Waals surface area (Å²) in [5, 5.41) is 18.4. The number of ether oxygens (including phenoxy) is 1. The second-order valence-electron chi connectivity index (χ2n) is 7.77. The third-order valence-corrected chi connectivity index (χ3v) is 5.44. The van der Waals surface area contributed by atoms with Gasteiger partial charge in [0.05, 0.1) is 29.1 Å². The number of aryl methyl sites for hydroxylation is 1. The first kappa shape index (κ1) is 24.1. The molecular weight excluding hydrogens is 460 g/mol. The summed E-state index contributed by atoms with van der Waals surface area (Å²) in [6.45, 7) is 1.77. The number of hydrogen-bond donors (Lipinski definition) is 1. The average Bonchev–Trinajstić information content (AvgIpc) is 3.24. The Balaban J connectivity index is 1.86. The number of non-ortho nitro benzene ring substituents is 1. The topological polar surface area (TPSA) is 116 Å². The van der Waals surface area contributed by atoms with Crippen LogP contribution in [0.1, 0.15) is 21.6 Å². The number of benzene rings is 3. The zero-order valence-electron chi connectivity index (χ0n) is 19.5. The lowest BCUT2D eigenvalue weighted by Crippen LogP contribution is -2.28. The molecule has 4 rings (SSSR count). The minimum absolute atomic E-state index is 0.0411. The Labute approximate surface area is 206 Å². The van der Waals surface area contributed by atoms with Gasteiger partial charge in [-0.2, -0.15) is 5.10 Å². The highest BCUT2D eigenvalue weighted by Crippen LogP contribution is 2.31. The van der Waals surface area contributed by atoms with Crippen molar-refractivity contribution in [2.45, 2.75) is 6.92 Å². The summed E-state index contributed by atoms with van der Waals surface area (Å²) in [6.07, 6.45) is 1.53. The molecule has 1 heterocycles. The van der Waals surface area contributed by atoms with Crippen LogP contribution in [0.3, 0.4) is 0 Å². The first-order valence-corrected chi connectivity index (χ1v) is 11.0. The summed E-state index contributed by atoms with van der Waals surface area (Å²) in [6, 6.07) is 23.9. The maximum atomic E-state index is 12.8. The van der Waals surface area contributed by atoms with Gasteiger partial charge in [-0.15, -0.1) is 0 Å². The number of nitrogens with zero attached hydrogens (tertiary/aromatic N) is 3. The molecule has 0 fully saturated rings. The fourth-order valence-corrected chi connectivity index (χ4v) is 3.67. The lowest BCUT2D eigenvalue weighted by Gasteiger charge is -2.11. The van der Waals surface area contributed by atoms with Gasteiger partial charge in [-0.05, 0) is 37.3 Å². The zero-order chi connectivity index (χ0) is 25.7. The first-order valence-electron chi connectivity index (χ1n) is 11.0. The van der Waals surface area contributed by atoms with Crippen LogP contribution < -0.4 is 5.32 Å². The van der Waals surface area contributed by atoms with E-state index >= 15 is 0 Å². The molecule has 0 radical (unpaired) electrons. The normalized spacial score (nSPS) is 11.1. The smallest absolute Gasteiger partial charge is 0.354 e. The Morgan fingerprint density at radius 2 is 1.58 bits per heavy atom. The van der Waals surface area contributed by atoms with Crippen LogP contribution in [0.2, 0.25) is 0 Å². The second-order valence-corrected chi connectivity index (χ2v) is 7.77. The molecule has 180 valence electrons. The summed E-state index contributed by atoms with van der Waals surface area (Å²) in [4.78, 5) is 36.0. The van der Waals surface area contributed by atoms with Gasteiger partial charge in [0.1, 0.15) is 5.70 Å². The minimum Gasteiger partial charge on any atom is -0.464 e. The molecular formula is C27H22N4O5. The number of nitro benzene ring substituents is 1. The summed E-state index contributed by atoms with van der Waals surface area (Å²) in [7, 11) is 1.23. The van der Waals surface area contributed by atoms with E-state index in [-0.39, 0.29) is 11.4 Å². The summed E-state index contributed by atoms with van der Waals surface area (Å²) in [5.41, 5.74) is 3.45. The number of aromatic nitrogens is 2. The second kappa shape index (κ2) is 10.5. The quantitative estimate of drug-likeness (QED) is 0.177. The standard InChI is InChI=1S/C27H22N4O5/c1-18-23(17-24(27(33)36-2)28-26(32)20-11-7-4-8-12-20)25(19-9-5-3-6-10-19)30(29-18)21-13-15-22(16-14-21)31(34)35/h3-17H,1-2H3,(H,28,32)/b24-17+. The van der Waals surface area contributed by atoms with E-state index in [1.54, 1.807) is 54.1 Å². The van der Waals surface area contributed by atoms with Crippen molar-refractivity contribution in [1.82, 2.24) is 15.1 Å². The van der Waals surface area contributed by atoms with E-state index in [2.05, 4.69) is 10.4 Å². The highest BCUT2D eigenvalue weighted by atomic mass is 16.6. The van der Waals surface area contributed by atoms with Crippen molar-refractivity contribution in [1.29, 1.82) is 0 Å². The van der Waals surface area contributed by atoms with Crippen LogP contribution in [0.25, 0.3) is 23.0 Å².